The maximum absolute atomic E-state index is 12.6. The van der Waals surface area contributed by atoms with Gasteiger partial charge in [0.05, 0.1) is 0 Å². The standard InChI is InChI=1S/C15H11F6NO2S2/c1-9-5-12(23-3-2-4-26-15(19,20)21)22-13(6-9)24-10-7-11(25-8-10)14(16,17)18/h2,4-8H,3H2,1H3. The van der Waals surface area contributed by atoms with Crippen molar-refractivity contribution in [1.82, 2.24) is 4.98 Å². The smallest absolute Gasteiger partial charge is 0.445 e. The van der Waals surface area contributed by atoms with Crippen molar-refractivity contribution in [1.29, 1.82) is 0 Å². The van der Waals surface area contributed by atoms with Gasteiger partial charge < -0.3 is 9.47 Å². The fourth-order valence-electron chi connectivity index (χ4n) is 1.67. The first-order chi connectivity index (χ1) is 12.0. The fraction of sp³-hybridized carbons (Fsp3) is 0.267. The molecule has 142 valence electrons. The minimum Gasteiger partial charge on any atom is -0.473 e. The lowest BCUT2D eigenvalue weighted by Gasteiger charge is -2.08. The zero-order valence-corrected chi connectivity index (χ0v) is 14.7. The largest absolute Gasteiger partial charge is 0.473 e. The molecule has 26 heavy (non-hydrogen) atoms. The lowest BCUT2D eigenvalue weighted by molar-refractivity contribution is -0.134. The number of thioether (sulfide) groups is 1. The molecular formula is C15H11F6NO2S2. The van der Waals surface area contributed by atoms with E-state index in [9.17, 15) is 26.3 Å². The molecule has 2 rings (SSSR count). The van der Waals surface area contributed by atoms with Crippen molar-refractivity contribution in [3.8, 4) is 17.5 Å². The van der Waals surface area contributed by atoms with Crippen LogP contribution >= 0.6 is 23.1 Å². The van der Waals surface area contributed by atoms with Crippen LogP contribution in [0, 0.1) is 6.92 Å². The van der Waals surface area contributed by atoms with Crippen LogP contribution in [-0.4, -0.2) is 17.1 Å². The van der Waals surface area contributed by atoms with E-state index in [0.29, 0.717) is 16.9 Å². The highest BCUT2D eigenvalue weighted by Crippen LogP contribution is 2.37. The van der Waals surface area contributed by atoms with E-state index in [0.717, 1.165) is 17.6 Å². The van der Waals surface area contributed by atoms with Crippen molar-refractivity contribution in [2.75, 3.05) is 6.61 Å². The molecule has 0 spiro atoms. The Balaban J connectivity index is 1.99. The number of ether oxygens (including phenoxy) is 2. The predicted octanol–water partition coefficient (Wildman–Crippen LogP) is 6.41. The number of hydrogen-bond acceptors (Lipinski definition) is 5. The van der Waals surface area contributed by atoms with Gasteiger partial charge in [-0.25, -0.2) is 0 Å². The second-order valence-corrected chi connectivity index (χ2v) is 6.70. The van der Waals surface area contributed by atoms with Crippen molar-refractivity contribution in [3.05, 3.63) is 45.5 Å². The zero-order valence-electron chi connectivity index (χ0n) is 13.0. The van der Waals surface area contributed by atoms with Crippen molar-refractivity contribution in [3.63, 3.8) is 0 Å². The van der Waals surface area contributed by atoms with E-state index < -0.39 is 16.6 Å². The van der Waals surface area contributed by atoms with Crippen LogP contribution in [0.2, 0.25) is 0 Å². The number of hydrogen-bond donors (Lipinski definition) is 0. The van der Waals surface area contributed by atoms with E-state index in [2.05, 4.69) is 4.98 Å². The van der Waals surface area contributed by atoms with Gasteiger partial charge in [-0.15, -0.1) is 11.3 Å². The Bertz CT molecular complexity index is 770. The molecule has 0 aliphatic carbocycles. The first-order valence-electron chi connectivity index (χ1n) is 6.87. The Kier molecular flexibility index (Phi) is 6.45. The first-order valence-corrected chi connectivity index (χ1v) is 8.63. The van der Waals surface area contributed by atoms with E-state index in [1.807, 2.05) is 0 Å². The number of pyridine rings is 1. The van der Waals surface area contributed by atoms with Gasteiger partial charge >= 0.3 is 11.7 Å². The van der Waals surface area contributed by atoms with Crippen LogP contribution in [0.25, 0.3) is 0 Å². The lowest BCUT2D eigenvalue weighted by atomic mass is 10.3. The van der Waals surface area contributed by atoms with E-state index in [-0.39, 0.29) is 35.9 Å². The zero-order chi connectivity index (χ0) is 19.4. The van der Waals surface area contributed by atoms with Gasteiger partial charge in [-0.1, -0.05) is 0 Å². The molecule has 0 aliphatic rings. The highest BCUT2D eigenvalue weighted by atomic mass is 32.2. The molecule has 0 fully saturated rings. The Morgan fingerprint density at radius 2 is 1.81 bits per heavy atom. The maximum atomic E-state index is 12.6. The second kappa shape index (κ2) is 8.21. The highest BCUT2D eigenvalue weighted by molar-refractivity contribution is 8.02. The lowest BCUT2D eigenvalue weighted by Crippen LogP contribution is -2.01. The van der Waals surface area contributed by atoms with Gasteiger partial charge in [-0.2, -0.15) is 31.3 Å². The van der Waals surface area contributed by atoms with Gasteiger partial charge in [0.15, 0.2) is 0 Å². The minimum atomic E-state index is -4.46. The Labute approximate surface area is 152 Å². The molecule has 0 N–H and O–H groups in total. The molecule has 0 bridgehead atoms. The number of aromatic nitrogens is 1. The molecule has 2 heterocycles. The molecule has 2 aromatic heterocycles. The van der Waals surface area contributed by atoms with Gasteiger partial charge in [0, 0.05) is 23.6 Å². The van der Waals surface area contributed by atoms with Gasteiger partial charge in [0.1, 0.15) is 17.2 Å². The quantitative estimate of drug-likeness (QED) is 0.511. The van der Waals surface area contributed by atoms with Crippen molar-refractivity contribution < 1.29 is 35.8 Å². The van der Waals surface area contributed by atoms with Crippen molar-refractivity contribution in [2.45, 2.75) is 18.6 Å². The third kappa shape index (κ3) is 6.79. The van der Waals surface area contributed by atoms with E-state index >= 15 is 0 Å². The number of halogens is 6. The van der Waals surface area contributed by atoms with Crippen LogP contribution in [0.3, 0.4) is 0 Å². The average Bonchev–Trinajstić information content (AvgIpc) is 2.93. The number of thiophene rings is 1. The molecule has 0 saturated carbocycles. The normalized spacial score (nSPS) is 12.6. The molecule has 0 saturated heterocycles. The highest BCUT2D eigenvalue weighted by Gasteiger charge is 2.32. The summed E-state index contributed by atoms with van der Waals surface area (Å²) in [5, 5.41) is 2.04. The predicted molar refractivity (Wildman–Crippen MR) is 86.7 cm³/mol. The van der Waals surface area contributed by atoms with Crippen LogP contribution in [0.1, 0.15) is 10.4 Å². The fourth-order valence-corrected chi connectivity index (χ4v) is 2.68. The Morgan fingerprint density at radius 1 is 1.12 bits per heavy atom. The number of aryl methyl sites for hydroxylation is 1. The van der Waals surface area contributed by atoms with E-state index in [4.69, 9.17) is 9.47 Å². The van der Waals surface area contributed by atoms with Crippen LogP contribution in [0.4, 0.5) is 26.3 Å². The van der Waals surface area contributed by atoms with Gasteiger partial charge in [-0.3, -0.25) is 0 Å². The number of nitrogens with zero attached hydrogens (tertiary/aromatic N) is 1. The van der Waals surface area contributed by atoms with Gasteiger partial charge in [0.25, 0.3) is 0 Å². The summed E-state index contributed by atoms with van der Waals surface area (Å²) in [5.41, 5.74) is -3.71. The molecule has 0 aromatic carbocycles. The second-order valence-electron chi connectivity index (χ2n) is 4.81. The summed E-state index contributed by atoms with van der Waals surface area (Å²) in [7, 11) is 0. The molecule has 0 atom stereocenters. The molecule has 3 nitrogen and oxygen atoms in total. The molecule has 11 heteroatoms. The molecule has 0 radical (unpaired) electrons. The number of alkyl halides is 6. The van der Waals surface area contributed by atoms with Crippen LogP contribution < -0.4 is 9.47 Å². The summed E-state index contributed by atoms with van der Waals surface area (Å²) in [6.45, 7) is 1.53. The summed E-state index contributed by atoms with van der Waals surface area (Å²) in [6.07, 6.45) is -3.29. The summed E-state index contributed by atoms with van der Waals surface area (Å²) in [5.74, 6) is 0.0703. The third-order valence-electron chi connectivity index (χ3n) is 2.63. The molecular weight excluding hydrogens is 404 g/mol. The Morgan fingerprint density at radius 3 is 2.42 bits per heavy atom. The van der Waals surface area contributed by atoms with Crippen molar-refractivity contribution >= 4 is 23.1 Å². The summed E-state index contributed by atoms with van der Waals surface area (Å²) < 4.78 is 84.2. The van der Waals surface area contributed by atoms with E-state index in [1.54, 1.807) is 6.92 Å². The van der Waals surface area contributed by atoms with Crippen molar-refractivity contribution in [2.24, 2.45) is 0 Å². The third-order valence-corrected chi connectivity index (χ3v) is 4.17. The molecule has 0 unspecified atom stereocenters. The maximum Gasteiger partial charge on any atom is 0.445 e. The van der Waals surface area contributed by atoms with Crippen LogP contribution in [0.15, 0.2) is 35.1 Å². The molecule has 0 amide bonds. The number of rotatable bonds is 6. The van der Waals surface area contributed by atoms with Crippen LogP contribution in [0.5, 0.6) is 17.5 Å². The summed E-state index contributed by atoms with van der Waals surface area (Å²) >= 11 is 0.178. The van der Waals surface area contributed by atoms with Gasteiger partial charge in [0.2, 0.25) is 11.8 Å². The SMILES string of the molecule is Cc1cc(OCC=CSC(F)(F)F)nc(Oc2csc(C(F)(F)F)c2)c1. The Hall–Kier alpha value is -1.88. The first kappa shape index (κ1) is 20.4. The van der Waals surface area contributed by atoms with Crippen LogP contribution in [-0.2, 0) is 6.18 Å². The average molecular weight is 415 g/mol. The van der Waals surface area contributed by atoms with Gasteiger partial charge in [-0.05, 0) is 35.7 Å². The summed E-state index contributed by atoms with van der Waals surface area (Å²) in [6, 6.07) is 3.87. The molecule has 2 aromatic rings. The minimum absolute atomic E-state index is 0.0140. The molecule has 0 aliphatic heterocycles. The summed E-state index contributed by atoms with van der Waals surface area (Å²) in [4.78, 5) is 3.16. The topological polar surface area (TPSA) is 31.4 Å². The van der Waals surface area contributed by atoms with E-state index in [1.165, 1.54) is 17.5 Å². The monoisotopic (exact) mass is 415 g/mol.